The van der Waals surface area contributed by atoms with Gasteiger partial charge in [-0.1, -0.05) is 0 Å². The summed E-state index contributed by atoms with van der Waals surface area (Å²) >= 11 is 0. The first-order valence-corrected chi connectivity index (χ1v) is 12.3. The number of ether oxygens (including phenoxy) is 1. The summed E-state index contributed by atoms with van der Waals surface area (Å²) in [6, 6.07) is 2.83. The molecule has 4 rings (SSSR count). The predicted octanol–water partition coefficient (Wildman–Crippen LogP) is 2.69. The van der Waals surface area contributed by atoms with Crippen LogP contribution in [0, 0.1) is 17.2 Å². The van der Waals surface area contributed by atoms with E-state index in [2.05, 4.69) is 5.32 Å². The molecule has 6 nitrogen and oxygen atoms in total. The summed E-state index contributed by atoms with van der Waals surface area (Å²) in [5.74, 6) is -0.782. The topological polar surface area (TPSA) is 84.5 Å². The molecule has 1 aliphatic heterocycles. The highest BCUT2D eigenvalue weighted by atomic mass is 32.2. The molecular weight excluding hydrogens is 395 g/mol. The fourth-order valence-corrected chi connectivity index (χ4v) is 5.36. The number of hydrogen-bond acceptors (Lipinski definition) is 5. The van der Waals surface area contributed by atoms with Crippen molar-refractivity contribution < 1.29 is 22.3 Å². The van der Waals surface area contributed by atoms with Crippen LogP contribution in [0.1, 0.15) is 65.9 Å². The Morgan fingerprint density at radius 1 is 1.28 bits per heavy atom. The molecule has 0 aromatic heterocycles. The van der Waals surface area contributed by atoms with Crippen molar-refractivity contribution >= 4 is 15.9 Å². The first kappa shape index (κ1) is 20.8. The number of nitrogens with one attached hydrogen (secondary N) is 2. The molecule has 0 unspecified atom stereocenters. The third-order valence-electron chi connectivity index (χ3n) is 6.49. The second kappa shape index (κ2) is 7.96. The van der Waals surface area contributed by atoms with Gasteiger partial charge in [0, 0.05) is 6.61 Å². The molecule has 0 radical (unpaired) electrons. The summed E-state index contributed by atoms with van der Waals surface area (Å²) in [5.41, 5.74) is 1.94. The average Bonchev–Trinajstić information content (AvgIpc) is 3.44. The van der Waals surface area contributed by atoms with Crippen LogP contribution in [0.4, 0.5) is 4.39 Å². The molecule has 2 aliphatic carbocycles. The van der Waals surface area contributed by atoms with Gasteiger partial charge < -0.3 is 10.1 Å². The van der Waals surface area contributed by atoms with Crippen LogP contribution in [0.25, 0.3) is 0 Å². The highest BCUT2D eigenvalue weighted by molar-refractivity contribution is 7.89. The monoisotopic (exact) mass is 424 g/mol. The number of carbonyl (C=O) groups is 1. The van der Waals surface area contributed by atoms with Crippen molar-refractivity contribution in [2.75, 3.05) is 26.0 Å². The van der Waals surface area contributed by atoms with Gasteiger partial charge in [-0.2, -0.15) is 0 Å². The zero-order valence-corrected chi connectivity index (χ0v) is 17.6. The molecule has 2 N–H and O–H groups in total. The summed E-state index contributed by atoms with van der Waals surface area (Å²) in [6.45, 7) is 3.22. The normalized spacial score (nSPS) is 21.7. The average molecular weight is 425 g/mol. The van der Waals surface area contributed by atoms with Gasteiger partial charge in [-0.25, -0.2) is 17.5 Å². The van der Waals surface area contributed by atoms with E-state index in [4.69, 9.17) is 4.74 Å². The number of sulfonamides is 1. The molecule has 3 fully saturated rings. The van der Waals surface area contributed by atoms with E-state index in [-0.39, 0.29) is 5.56 Å². The minimum absolute atomic E-state index is 0.229. The Balaban J connectivity index is 1.37. The Bertz CT molecular complexity index is 884. The molecule has 29 heavy (non-hydrogen) atoms. The van der Waals surface area contributed by atoms with Crippen LogP contribution in [0.15, 0.2) is 12.1 Å². The lowest BCUT2D eigenvalue weighted by Crippen LogP contribution is -2.46. The lowest BCUT2D eigenvalue weighted by atomic mass is 9.58. The summed E-state index contributed by atoms with van der Waals surface area (Å²) < 4.78 is 44.9. The number of rotatable bonds is 7. The fourth-order valence-electron chi connectivity index (χ4n) is 4.91. The molecule has 1 aromatic rings. The van der Waals surface area contributed by atoms with Crippen LogP contribution in [-0.4, -0.2) is 40.3 Å². The molecule has 1 amide bonds. The smallest absolute Gasteiger partial charge is 0.267 e. The summed E-state index contributed by atoms with van der Waals surface area (Å²) in [5, 5.41) is 3.41. The van der Waals surface area contributed by atoms with Crippen LogP contribution >= 0.6 is 0 Å². The van der Waals surface area contributed by atoms with Crippen LogP contribution in [0.2, 0.25) is 0 Å². The van der Waals surface area contributed by atoms with Crippen molar-refractivity contribution in [1.82, 2.24) is 10.0 Å². The molecule has 2 saturated carbocycles. The Morgan fingerprint density at radius 2 is 1.97 bits per heavy atom. The van der Waals surface area contributed by atoms with E-state index in [1.54, 1.807) is 0 Å². The summed E-state index contributed by atoms with van der Waals surface area (Å²) in [7, 11) is -3.74. The SMILES string of the molecule is CS(=O)(=O)NC(=O)c1cc(C2CC2)c(COCC2CC3(CCNCC3)C2)cc1F. The van der Waals surface area contributed by atoms with E-state index < -0.39 is 21.7 Å². The maximum atomic E-state index is 14.5. The van der Waals surface area contributed by atoms with Gasteiger partial charge in [0.15, 0.2) is 0 Å². The van der Waals surface area contributed by atoms with Crippen molar-refractivity contribution in [3.63, 3.8) is 0 Å². The Hall–Kier alpha value is -1.51. The Labute approximate surface area is 171 Å². The minimum atomic E-state index is -3.74. The van der Waals surface area contributed by atoms with E-state index in [0.29, 0.717) is 30.5 Å². The van der Waals surface area contributed by atoms with Gasteiger partial charge in [-0.05, 0) is 92.1 Å². The van der Waals surface area contributed by atoms with Crippen molar-refractivity contribution in [1.29, 1.82) is 0 Å². The van der Waals surface area contributed by atoms with Gasteiger partial charge in [-0.15, -0.1) is 0 Å². The van der Waals surface area contributed by atoms with Gasteiger partial charge in [0.25, 0.3) is 5.91 Å². The summed E-state index contributed by atoms with van der Waals surface area (Å²) in [6.07, 6.45) is 7.78. The van der Waals surface area contributed by atoms with Crippen LogP contribution < -0.4 is 10.0 Å². The van der Waals surface area contributed by atoms with E-state index in [1.807, 2.05) is 4.72 Å². The fraction of sp³-hybridized carbons (Fsp3) is 0.667. The molecule has 1 heterocycles. The van der Waals surface area contributed by atoms with Crippen LogP contribution in [0.5, 0.6) is 0 Å². The number of halogens is 1. The number of amides is 1. The lowest BCUT2D eigenvalue weighted by molar-refractivity contribution is -0.0347. The second-order valence-corrected chi connectivity index (χ2v) is 10.8. The maximum Gasteiger partial charge on any atom is 0.267 e. The molecular formula is C21H29FN2O4S. The molecule has 1 saturated heterocycles. The van der Waals surface area contributed by atoms with Gasteiger partial charge in [0.2, 0.25) is 10.0 Å². The number of hydrogen-bond donors (Lipinski definition) is 2. The van der Waals surface area contributed by atoms with Crippen molar-refractivity contribution in [2.24, 2.45) is 11.3 Å². The zero-order valence-electron chi connectivity index (χ0n) is 16.8. The number of benzene rings is 1. The zero-order chi connectivity index (χ0) is 20.6. The number of piperidine rings is 1. The van der Waals surface area contributed by atoms with E-state index in [1.165, 1.54) is 37.8 Å². The molecule has 0 bridgehead atoms. The van der Waals surface area contributed by atoms with E-state index >= 15 is 0 Å². The molecule has 8 heteroatoms. The highest BCUT2D eigenvalue weighted by Crippen LogP contribution is 2.51. The standard InChI is InChI=1S/C21H29FN2O4S/c1-29(26,27)24-20(25)18-9-17(15-2-3-15)16(8-19(18)22)13-28-12-14-10-21(11-14)4-6-23-7-5-21/h8-9,14-15,23H,2-7,10-13H2,1H3,(H,24,25). The molecule has 160 valence electrons. The van der Waals surface area contributed by atoms with Crippen molar-refractivity contribution in [3.05, 3.63) is 34.6 Å². The third kappa shape index (κ3) is 4.98. The van der Waals surface area contributed by atoms with Crippen LogP contribution in [0.3, 0.4) is 0 Å². The number of carbonyl (C=O) groups excluding carboxylic acids is 1. The Morgan fingerprint density at radius 3 is 2.59 bits per heavy atom. The first-order chi connectivity index (χ1) is 13.7. The molecule has 3 aliphatic rings. The van der Waals surface area contributed by atoms with Crippen LogP contribution in [-0.2, 0) is 21.4 Å². The minimum Gasteiger partial charge on any atom is -0.376 e. The van der Waals surface area contributed by atoms with Gasteiger partial charge >= 0.3 is 0 Å². The van der Waals surface area contributed by atoms with Gasteiger partial charge in [0.1, 0.15) is 5.82 Å². The predicted molar refractivity (Wildman–Crippen MR) is 108 cm³/mol. The molecule has 0 atom stereocenters. The maximum absolute atomic E-state index is 14.5. The highest BCUT2D eigenvalue weighted by Gasteiger charge is 2.44. The van der Waals surface area contributed by atoms with Gasteiger partial charge in [0.05, 0.1) is 18.4 Å². The van der Waals surface area contributed by atoms with E-state index in [0.717, 1.165) is 43.3 Å². The van der Waals surface area contributed by atoms with E-state index in [9.17, 15) is 17.6 Å². The first-order valence-electron chi connectivity index (χ1n) is 10.4. The third-order valence-corrected chi connectivity index (χ3v) is 7.04. The lowest BCUT2D eigenvalue weighted by Gasteiger charge is -2.50. The molecule has 1 aromatic carbocycles. The largest absolute Gasteiger partial charge is 0.376 e. The second-order valence-electron chi connectivity index (χ2n) is 9.05. The van der Waals surface area contributed by atoms with Crippen molar-refractivity contribution in [3.8, 4) is 0 Å². The van der Waals surface area contributed by atoms with Gasteiger partial charge in [-0.3, -0.25) is 4.79 Å². The quantitative estimate of drug-likeness (QED) is 0.703. The summed E-state index contributed by atoms with van der Waals surface area (Å²) in [4.78, 5) is 12.1. The Kier molecular flexibility index (Phi) is 5.70. The van der Waals surface area contributed by atoms with Crippen molar-refractivity contribution in [2.45, 2.75) is 51.0 Å². The molecule has 1 spiro atoms.